The van der Waals surface area contributed by atoms with Gasteiger partial charge in [-0.05, 0) is 17.2 Å². The van der Waals surface area contributed by atoms with Crippen LogP contribution in [0.2, 0.25) is 5.02 Å². The van der Waals surface area contributed by atoms with Crippen LogP contribution < -0.4 is 10.7 Å². The highest BCUT2D eigenvalue weighted by Gasteiger charge is 2.22. The Kier molecular flexibility index (Phi) is 7.66. The van der Waals surface area contributed by atoms with Gasteiger partial charge in [0.25, 0.3) is 11.6 Å². The van der Waals surface area contributed by atoms with Gasteiger partial charge in [-0.25, -0.2) is 5.43 Å². The lowest BCUT2D eigenvalue weighted by atomic mass is 9.90. The molecule has 8 nitrogen and oxygen atoms in total. The van der Waals surface area contributed by atoms with E-state index in [1.165, 1.54) is 24.4 Å². The van der Waals surface area contributed by atoms with Gasteiger partial charge in [-0.1, -0.05) is 78.3 Å². The Labute approximate surface area is 189 Å². The van der Waals surface area contributed by atoms with Crippen LogP contribution in [0.5, 0.6) is 0 Å². The molecule has 3 aromatic rings. The SMILES string of the molecule is O=C(CNC(=O)C(c1ccccc1)c1ccccc1)N/N=C/c1ccc(Cl)c([N+](=O)[O-])c1. The summed E-state index contributed by atoms with van der Waals surface area (Å²) in [4.78, 5) is 35.3. The molecule has 0 bridgehead atoms. The average Bonchev–Trinajstić information content (AvgIpc) is 2.80. The maximum Gasteiger partial charge on any atom is 0.288 e. The predicted molar refractivity (Wildman–Crippen MR) is 122 cm³/mol. The molecule has 0 unspecified atom stereocenters. The van der Waals surface area contributed by atoms with E-state index in [0.717, 1.165) is 11.1 Å². The minimum atomic E-state index is -0.607. The Hall–Kier alpha value is -4.04. The predicted octanol–water partition coefficient (Wildman–Crippen LogP) is 3.65. The van der Waals surface area contributed by atoms with Crippen molar-refractivity contribution in [3.8, 4) is 0 Å². The maximum atomic E-state index is 12.9. The first-order chi connectivity index (χ1) is 15.5. The third-order valence-corrected chi connectivity index (χ3v) is 4.84. The van der Waals surface area contributed by atoms with E-state index < -0.39 is 16.7 Å². The molecule has 32 heavy (non-hydrogen) atoms. The van der Waals surface area contributed by atoms with Crippen LogP contribution in [0.3, 0.4) is 0 Å². The Morgan fingerprint density at radius 3 is 2.16 bits per heavy atom. The number of nitrogens with one attached hydrogen (secondary N) is 2. The zero-order valence-electron chi connectivity index (χ0n) is 16.8. The number of amides is 2. The molecule has 0 aromatic heterocycles. The summed E-state index contributed by atoms with van der Waals surface area (Å²) in [5.41, 5.74) is 4.02. The van der Waals surface area contributed by atoms with Gasteiger partial charge in [0, 0.05) is 11.6 Å². The zero-order chi connectivity index (χ0) is 22.9. The summed E-state index contributed by atoms with van der Waals surface area (Å²) in [6.45, 7) is -0.285. The summed E-state index contributed by atoms with van der Waals surface area (Å²) in [5, 5.41) is 17.3. The number of hydrogen-bond donors (Lipinski definition) is 2. The first-order valence-corrected chi connectivity index (χ1v) is 9.97. The Bertz CT molecular complexity index is 1100. The van der Waals surface area contributed by atoms with E-state index in [1.54, 1.807) is 0 Å². The van der Waals surface area contributed by atoms with E-state index >= 15 is 0 Å². The van der Waals surface area contributed by atoms with Gasteiger partial charge >= 0.3 is 0 Å². The normalized spacial score (nSPS) is 10.8. The molecule has 162 valence electrons. The van der Waals surface area contributed by atoms with Gasteiger partial charge in [-0.3, -0.25) is 19.7 Å². The van der Waals surface area contributed by atoms with Crippen LogP contribution in [0.25, 0.3) is 0 Å². The van der Waals surface area contributed by atoms with Crippen molar-refractivity contribution in [1.29, 1.82) is 0 Å². The number of nitrogens with zero attached hydrogens (tertiary/aromatic N) is 2. The van der Waals surface area contributed by atoms with Crippen LogP contribution in [0.15, 0.2) is 84.0 Å². The first kappa shape index (κ1) is 22.6. The van der Waals surface area contributed by atoms with Crippen molar-refractivity contribution in [2.24, 2.45) is 5.10 Å². The number of halogens is 1. The molecule has 2 amide bonds. The third kappa shape index (κ3) is 5.99. The number of hydrogen-bond acceptors (Lipinski definition) is 5. The number of benzene rings is 3. The second kappa shape index (κ2) is 10.8. The summed E-state index contributed by atoms with van der Waals surface area (Å²) in [6.07, 6.45) is 1.25. The lowest BCUT2D eigenvalue weighted by Crippen LogP contribution is -2.37. The fourth-order valence-corrected chi connectivity index (χ4v) is 3.21. The molecular weight excluding hydrogens is 432 g/mol. The highest BCUT2D eigenvalue weighted by atomic mass is 35.5. The number of carbonyl (C=O) groups excluding carboxylic acids is 2. The molecule has 3 aromatic carbocycles. The molecule has 0 saturated carbocycles. The van der Waals surface area contributed by atoms with Crippen LogP contribution in [-0.4, -0.2) is 29.5 Å². The van der Waals surface area contributed by atoms with Gasteiger partial charge in [0.2, 0.25) is 5.91 Å². The van der Waals surface area contributed by atoms with Crippen molar-refractivity contribution in [3.05, 3.63) is 111 Å². The van der Waals surface area contributed by atoms with Gasteiger partial charge < -0.3 is 5.32 Å². The fraction of sp³-hybridized carbons (Fsp3) is 0.0870. The number of carbonyl (C=O) groups is 2. The Morgan fingerprint density at radius 2 is 1.59 bits per heavy atom. The molecular formula is C23H19ClN4O4. The second-order valence-electron chi connectivity index (χ2n) is 6.73. The highest BCUT2D eigenvalue weighted by Crippen LogP contribution is 2.25. The van der Waals surface area contributed by atoms with Crippen LogP contribution in [-0.2, 0) is 9.59 Å². The molecule has 0 aliphatic heterocycles. The molecule has 2 N–H and O–H groups in total. The Balaban J connectivity index is 1.61. The Morgan fingerprint density at radius 1 is 1.00 bits per heavy atom. The van der Waals surface area contributed by atoms with Crippen molar-refractivity contribution >= 4 is 35.3 Å². The standard InChI is InChI=1S/C23H19ClN4O4/c24-19-12-11-16(13-20(19)28(31)32)14-26-27-21(29)15-25-23(30)22(17-7-3-1-4-8-17)18-9-5-2-6-10-18/h1-14,22H,15H2,(H,25,30)(H,27,29)/b26-14+. The van der Waals surface area contributed by atoms with Gasteiger partial charge in [0.05, 0.1) is 23.6 Å². The van der Waals surface area contributed by atoms with Crippen LogP contribution in [0.4, 0.5) is 5.69 Å². The zero-order valence-corrected chi connectivity index (χ0v) is 17.5. The molecule has 0 fully saturated rings. The molecule has 9 heteroatoms. The lowest BCUT2D eigenvalue weighted by Gasteiger charge is -2.17. The van der Waals surface area contributed by atoms with Gasteiger partial charge in [0.1, 0.15) is 5.02 Å². The largest absolute Gasteiger partial charge is 0.346 e. The molecule has 0 heterocycles. The van der Waals surface area contributed by atoms with Crippen molar-refractivity contribution in [2.45, 2.75) is 5.92 Å². The number of rotatable bonds is 8. The average molecular weight is 451 g/mol. The monoisotopic (exact) mass is 450 g/mol. The number of hydrazone groups is 1. The molecule has 0 saturated heterocycles. The number of nitro benzene ring substituents is 1. The minimum absolute atomic E-state index is 0.00489. The molecule has 0 radical (unpaired) electrons. The summed E-state index contributed by atoms with van der Waals surface area (Å²) in [5.74, 6) is -1.43. The van der Waals surface area contributed by atoms with Crippen molar-refractivity contribution in [3.63, 3.8) is 0 Å². The number of nitro groups is 1. The molecule has 0 aliphatic rings. The van der Waals surface area contributed by atoms with Crippen LogP contribution in [0, 0.1) is 10.1 Å². The van der Waals surface area contributed by atoms with Crippen molar-refractivity contribution < 1.29 is 14.5 Å². The molecule has 0 atom stereocenters. The summed E-state index contributed by atoms with van der Waals surface area (Å²) >= 11 is 5.76. The lowest BCUT2D eigenvalue weighted by molar-refractivity contribution is -0.384. The molecule has 0 spiro atoms. The van der Waals surface area contributed by atoms with Gasteiger partial charge in [-0.15, -0.1) is 0 Å². The van der Waals surface area contributed by atoms with Crippen LogP contribution in [0.1, 0.15) is 22.6 Å². The topological polar surface area (TPSA) is 114 Å². The van der Waals surface area contributed by atoms with Gasteiger partial charge in [0.15, 0.2) is 0 Å². The summed E-state index contributed by atoms with van der Waals surface area (Å²) in [6, 6.07) is 22.7. The van der Waals surface area contributed by atoms with Crippen LogP contribution >= 0.6 is 11.6 Å². The first-order valence-electron chi connectivity index (χ1n) is 9.59. The van der Waals surface area contributed by atoms with E-state index in [1.807, 2.05) is 60.7 Å². The van der Waals surface area contributed by atoms with E-state index in [-0.39, 0.29) is 23.2 Å². The maximum absolute atomic E-state index is 12.9. The highest BCUT2D eigenvalue weighted by molar-refractivity contribution is 6.32. The second-order valence-corrected chi connectivity index (χ2v) is 7.14. The fourth-order valence-electron chi connectivity index (χ4n) is 3.02. The molecule has 3 rings (SSSR count). The molecule has 0 aliphatic carbocycles. The van der Waals surface area contributed by atoms with E-state index in [4.69, 9.17) is 11.6 Å². The van der Waals surface area contributed by atoms with E-state index in [2.05, 4.69) is 15.8 Å². The van der Waals surface area contributed by atoms with Crippen molar-refractivity contribution in [2.75, 3.05) is 6.54 Å². The summed E-state index contributed by atoms with van der Waals surface area (Å²) in [7, 11) is 0. The van der Waals surface area contributed by atoms with E-state index in [9.17, 15) is 19.7 Å². The van der Waals surface area contributed by atoms with Gasteiger partial charge in [-0.2, -0.15) is 5.10 Å². The van der Waals surface area contributed by atoms with Crippen molar-refractivity contribution in [1.82, 2.24) is 10.7 Å². The summed E-state index contributed by atoms with van der Waals surface area (Å²) < 4.78 is 0. The quantitative estimate of drug-likeness (QED) is 0.309. The van der Waals surface area contributed by atoms with E-state index in [0.29, 0.717) is 5.56 Å². The smallest absolute Gasteiger partial charge is 0.288 e. The third-order valence-electron chi connectivity index (χ3n) is 4.52. The minimum Gasteiger partial charge on any atom is -0.346 e.